The molecule has 0 atom stereocenters. The van der Waals surface area contributed by atoms with E-state index >= 15 is 0 Å². The summed E-state index contributed by atoms with van der Waals surface area (Å²) < 4.78 is 0. The predicted molar refractivity (Wildman–Crippen MR) is 67.3 cm³/mol. The van der Waals surface area contributed by atoms with Gasteiger partial charge in [0, 0.05) is 6.54 Å². The van der Waals surface area contributed by atoms with E-state index in [-0.39, 0.29) is 18.9 Å². The molecule has 94 valence electrons. The number of benzene rings is 1. The summed E-state index contributed by atoms with van der Waals surface area (Å²) in [6.07, 6.45) is 0.288. The summed E-state index contributed by atoms with van der Waals surface area (Å²) in [5, 5.41) is 11.9. The van der Waals surface area contributed by atoms with Crippen molar-refractivity contribution in [2.24, 2.45) is 5.73 Å². The number of carbonyl (C=O) groups is 1. The van der Waals surface area contributed by atoms with E-state index in [0.29, 0.717) is 6.54 Å². The standard InChI is InChI=1S/C13H20N2O2/c1-13(2,9-16)15-12(17)7-10-5-3-4-6-11(10)8-14/h3-6,16H,7-9,14H2,1-2H3,(H,15,17). The molecule has 0 heterocycles. The molecular weight excluding hydrogens is 216 g/mol. The molecule has 0 saturated heterocycles. The number of aliphatic hydroxyl groups is 1. The number of nitrogens with two attached hydrogens (primary N) is 1. The summed E-state index contributed by atoms with van der Waals surface area (Å²) in [5.41, 5.74) is 6.93. The lowest BCUT2D eigenvalue weighted by atomic mass is 10.0. The number of aliphatic hydroxyl groups excluding tert-OH is 1. The van der Waals surface area contributed by atoms with Crippen molar-refractivity contribution in [1.82, 2.24) is 5.32 Å². The van der Waals surface area contributed by atoms with Crippen molar-refractivity contribution in [2.45, 2.75) is 32.4 Å². The molecule has 0 fully saturated rings. The molecule has 0 saturated carbocycles. The summed E-state index contributed by atoms with van der Waals surface area (Å²) in [6, 6.07) is 7.60. The van der Waals surface area contributed by atoms with Crippen molar-refractivity contribution in [3.63, 3.8) is 0 Å². The van der Waals surface area contributed by atoms with Gasteiger partial charge in [-0.3, -0.25) is 4.79 Å². The molecule has 0 unspecified atom stereocenters. The Bertz CT molecular complexity index is 389. The first kappa shape index (κ1) is 13.7. The zero-order chi connectivity index (χ0) is 12.9. The van der Waals surface area contributed by atoms with Crippen LogP contribution in [0.15, 0.2) is 24.3 Å². The van der Waals surface area contributed by atoms with Crippen molar-refractivity contribution in [1.29, 1.82) is 0 Å². The van der Waals surface area contributed by atoms with Crippen molar-refractivity contribution in [3.05, 3.63) is 35.4 Å². The van der Waals surface area contributed by atoms with E-state index in [1.807, 2.05) is 24.3 Å². The fourth-order valence-corrected chi connectivity index (χ4v) is 1.56. The SMILES string of the molecule is CC(C)(CO)NC(=O)Cc1ccccc1CN. The molecule has 4 heteroatoms. The minimum atomic E-state index is -0.589. The van der Waals surface area contributed by atoms with Crippen molar-refractivity contribution >= 4 is 5.91 Å². The Kier molecular flexibility index (Phi) is 4.66. The molecule has 1 aromatic carbocycles. The maximum Gasteiger partial charge on any atom is 0.224 e. The maximum absolute atomic E-state index is 11.8. The van der Waals surface area contributed by atoms with Crippen molar-refractivity contribution in [2.75, 3.05) is 6.61 Å². The molecule has 0 aliphatic heterocycles. The van der Waals surface area contributed by atoms with Crippen LogP contribution in [0.3, 0.4) is 0 Å². The first-order valence-electron chi connectivity index (χ1n) is 5.67. The fraction of sp³-hybridized carbons (Fsp3) is 0.462. The van der Waals surface area contributed by atoms with Crippen molar-refractivity contribution < 1.29 is 9.90 Å². The Balaban J connectivity index is 2.68. The van der Waals surface area contributed by atoms with Gasteiger partial charge in [0.2, 0.25) is 5.91 Å². The van der Waals surface area contributed by atoms with Crippen LogP contribution in [0.1, 0.15) is 25.0 Å². The number of rotatable bonds is 5. The number of hydrogen-bond donors (Lipinski definition) is 3. The van der Waals surface area contributed by atoms with E-state index in [9.17, 15) is 4.79 Å². The zero-order valence-corrected chi connectivity index (χ0v) is 10.4. The third-order valence-corrected chi connectivity index (χ3v) is 2.56. The molecule has 0 radical (unpaired) electrons. The number of carbonyl (C=O) groups excluding carboxylic acids is 1. The third kappa shape index (κ3) is 4.17. The van der Waals surface area contributed by atoms with Crippen molar-refractivity contribution in [3.8, 4) is 0 Å². The summed E-state index contributed by atoms with van der Waals surface area (Å²) in [4.78, 5) is 11.8. The summed E-state index contributed by atoms with van der Waals surface area (Å²) in [7, 11) is 0. The van der Waals surface area contributed by atoms with Gasteiger partial charge >= 0.3 is 0 Å². The van der Waals surface area contributed by atoms with Gasteiger partial charge in [-0.2, -0.15) is 0 Å². The van der Waals surface area contributed by atoms with Gasteiger partial charge in [0.1, 0.15) is 0 Å². The first-order chi connectivity index (χ1) is 7.98. The van der Waals surface area contributed by atoms with Crippen LogP contribution in [-0.4, -0.2) is 23.2 Å². The molecule has 17 heavy (non-hydrogen) atoms. The molecule has 1 amide bonds. The second kappa shape index (κ2) is 5.80. The highest BCUT2D eigenvalue weighted by molar-refractivity contribution is 5.79. The Morgan fingerprint density at radius 2 is 1.94 bits per heavy atom. The van der Waals surface area contributed by atoms with E-state index in [4.69, 9.17) is 10.8 Å². The topological polar surface area (TPSA) is 75.3 Å². The van der Waals surface area contributed by atoms with Gasteiger partial charge < -0.3 is 16.2 Å². The van der Waals surface area contributed by atoms with Crippen LogP contribution >= 0.6 is 0 Å². The minimum Gasteiger partial charge on any atom is -0.394 e. The zero-order valence-electron chi connectivity index (χ0n) is 10.4. The van der Waals surface area contributed by atoms with Crippen LogP contribution in [0.4, 0.5) is 0 Å². The molecule has 0 aliphatic carbocycles. The average Bonchev–Trinajstić information content (AvgIpc) is 2.29. The first-order valence-corrected chi connectivity index (χ1v) is 5.67. The molecule has 4 N–H and O–H groups in total. The number of nitrogens with one attached hydrogen (secondary N) is 1. The summed E-state index contributed by atoms with van der Waals surface area (Å²) in [6.45, 7) is 3.89. The Morgan fingerprint density at radius 1 is 1.35 bits per heavy atom. The van der Waals surface area contributed by atoms with Gasteiger partial charge in [-0.05, 0) is 25.0 Å². The quantitative estimate of drug-likeness (QED) is 0.700. The van der Waals surface area contributed by atoms with Gasteiger partial charge in [-0.25, -0.2) is 0 Å². The van der Waals surface area contributed by atoms with Crippen LogP contribution in [0.2, 0.25) is 0 Å². The largest absolute Gasteiger partial charge is 0.394 e. The second-order valence-electron chi connectivity index (χ2n) is 4.74. The lowest BCUT2D eigenvalue weighted by Crippen LogP contribution is -2.46. The van der Waals surface area contributed by atoms with Gasteiger partial charge in [0.05, 0.1) is 18.6 Å². The van der Waals surface area contributed by atoms with Gasteiger partial charge in [-0.15, -0.1) is 0 Å². The van der Waals surface area contributed by atoms with Crippen LogP contribution in [0, 0.1) is 0 Å². The molecule has 0 spiro atoms. The van der Waals surface area contributed by atoms with Gasteiger partial charge in [0.15, 0.2) is 0 Å². The second-order valence-corrected chi connectivity index (χ2v) is 4.74. The molecule has 0 aromatic heterocycles. The molecule has 0 aliphatic rings. The smallest absolute Gasteiger partial charge is 0.224 e. The fourth-order valence-electron chi connectivity index (χ4n) is 1.56. The Labute approximate surface area is 102 Å². The predicted octanol–water partition coefficient (Wildman–Crippen LogP) is 0.575. The highest BCUT2D eigenvalue weighted by atomic mass is 16.3. The van der Waals surface area contributed by atoms with E-state index in [2.05, 4.69) is 5.32 Å². The summed E-state index contributed by atoms with van der Waals surface area (Å²) >= 11 is 0. The van der Waals surface area contributed by atoms with Gasteiger partial charge in [-0.1, -0.05) is 24.3 Å². The summed E-state index contributed by atoms with van der Waals surface area (Å²) in [5.74, 6) is -0.107. The van der Waals surface area contributed by atoms with E-state index in [1.54, 1.807) is 13.8 Å². The highest BCUT2D eigenvalue weighted by Gasteiger charge is 2.19. The van der Waals surface area contributed by atoms with E-state index < -0.39 is 5.54 Å². The van der Waals surface area contributed by atoms with Crippen LogP contribution in [0.25, 0.3) is 0 Å². The average molecular weight is 236 g/mol. The molecule has 1 rings (SSSR count). The number of amides is 1. The molecule has 1 aromatic rings. The van der Waals surface area contributed by atoms with Gasteiger partial charge in [0.25, 0.3) is 0 Å². The molecular formula is C13H20N2O2. The normalized spacial score (nSPS) is 11.3. The third-order valence-electron chi connectivity index (χ3n) is 2.56. The van der Waals surface area contributed by atoms with E-state index in [1.165, 1.54) is 0 Å². The molecule has 4 nitrogen and oxygen atoms in total. The minimum absolute atomic E-state index is 0.0860. The van der Waals surface area contributed by atoms with E-state index in [0.717, 1.165) is 11.1 Å². The Hall–Kier alpha value is -1.39. The Morgan fingerprint density at radius 3 is 2.47 bits per heavy atom. The van der Waals surface area contributed by atoms with Crippen LogP contribution in [0.5, 0.6) is 0 Å². The monoisotopic (exact) mass is 236 g/mol. The number of hydrogen-bond acceptors (Lipinski definition) is 3. The molecule has 0 bridgehead atoms. The highest BCUT2D eigenvalue weighted by Crippen LogP contribution is 2.09. The maximum atomic E-state index is 11.8. The lowest BCUT2D eigenvalue weighted by Gasteiger charge is -2.23. The van der Waals surface area contributed by atoms with Crippen LogP contribution < -0.4 is 11.1 Å². The lowest BCUT2D eigenvalue weighted by molar-refractivity contribution is -0.122. The van der Waals surface area contributed by atoms with Crippen LogP contribution in [-0.2, 0) is 17.8 Å².